The number of methoxy groups -OCH3 is 1. The Morgan fingerprint density at radius 1 is 1.42 bits per heavy atom. The van der Waals surface area contributed by atoms with Crippen LogP contribution >= 0.6 is 0 Å². The molecular formula is C14H18N2O3. The smallest absolute Gasteiger partial charge is 0.240 e. The number of hydrogen-bond donors (Lipinski definition) is 2. The van der Waals surface area contributed by atoms with E-state index >= 15 is 0 Å². The molecule has 3 N–H and O–H groups in total. The van der Waals surface area contributed by atoms with Crippen LogP contribution in [0.3, 0.4) is 0 Å². The molecule has 0 heterocycles. The molecule has 1 aromatic rings. The molecule has 1 saturated carbocycles. The van der Waals surface area contributed by atoms with E-state index in [1.54, 1.807) is 7.11 Å². The topological polar surface area (TPSA) is 81.4 Å². The maximum Gasteiger partial charge on any atom is 0.240 e. The molecule has 2 amide bonds. The molecule has 0 radical (unpaired) electrons. The molecule has 19 heavy (non-hydrogen) atoms. The minimum atomic E-state index is -0.690. The number of ether oxygens (including phenoxy) is 1. The number of amides is 2. The first-order valence-corrected chi connectivity index (χ1v) is 6.33. The second-order valence-corrected chi connectivity index (χ2v) is 4.75. The van der Waals surface area contributed by atoms with Crippen molar-refractivity contribution in [3.63, 3.8) is 0 Å². The van der Waals surface area contributed by atoms with Gasteiger partial charge in [0.05, 0.1) is 7.11 Å². The van der Waals surface area contributed by atoms with Gasteiger partial charge in [-0.3, -0.25) is 9.59 Å². The highest BCUT2D eigenvalue weighted by molar-refractivity contribution is 5.88. The Morgan fingerprint density at radius 2 is 2.11 bits per heavy atom. The molecule has 0 aliphatic heterocycles. The van der Waals surface area contributed by atoms with Crippen LogP contribution in [0.1, 0.15) is 18.4 Å². The predicted octanol–water partition coefficient (Wildman–Crippen LogP) is 0.618. The van der Waals surface area contributed by atoms with Crippen molar-refractivity contribution in [3.05, 3.63) is 29.8 Å². The Morgan fingerprint density at radius 3 is 2.68 bits per heavy atom. The van der Waals surface area contributed by atoms with E-state index < -0.39 is 11.9 Å². The summed E-state index contributed by atoms with van der Waals surface area (Å²) in [6, 6.07) is 6.70. The molecule has 1 atom stereocenters. The number of primary amides is 1. The fourth-order valence-corrected chi connectivity index (χ4v) is 1.95. The molecule has 1 aliphatic rings. The molecule has 1 fully saturated rings. The zero-order valence-corrected chi connectivity index (χ0v) is 10.9. The van der Waals surface area contributed by atoms with Crippen LogP contribution in [0.25, 0.3) is 0 Å². The Balaban J connectivity index is 2.07. The largest absolute Gasteiger partial charge is 0.496 e. The Kier molecular flexibility index (Phi) is 4.04. The van der Waals surface area contributed by atoms with Crippen molar-refractivity contribution in [2.45, 2.75) is 25.3 Å². The number of carbonyl (C=O) groups excluding carboxylic acids is 2. The molecular weight excluding hydrogens is 244 g/mol. The molecule has 0 bridgehead atoms. The van der Waals surface area contributed by atoms with E-state index in [9.17, 15) is 9.59 Å². The van der Waals surface area contributed by atoms with Crippen LogP contribution in [0.5, 0.6) is 5.75 Å². The molecule has 1 aliphatic carbocycles. The second kappa shape index (κ2) is 5.73. The van der Waals surface area contributed by atoms with E-state index in [0.29, 0.717) is 12.2 Å². The lowest BCUT2D eigenvalue weighted by Gasteiger charge is -2.17. The summed E-state index contributed by atoms with van der Waals surface area (Å²) >= 11 is 0. The minimum absolute atomic E-state index is 0.0551. The van der Waals surface area contributed by atoms with Gasteiger partial charge < -0.3 is 15.8 Å². The minimum Gasteiger partial charge on any atom is -0.496 e. The van der Waals surface area contributed by atoms with Crippen LogP contribution in [0, 0.1) is 5.92 Å². The maximum atomic E-state index is 11.7. The molecule has 102 valence electrons. The monoisotopic (exact) mass is 262 g/mol. The summed E-state index contributed by atoms with van der Waals surface area (Å²) in [5.74, 6) is 0.132. The van der Waals surface area contributed by atoms with Crippen molar-refractivity contribution in [1.29, 1.82) is 0 Å². The summed E-state index contributed by atoms with van der Waals surface area (Å²) in [4.78, 5) is 23.2. The Bertz CT molecular complexity index is 483. The summed E-state index contributed by atoms with van der Waals surface area (Å²) in [6.07, 6.45) is 2.13. The van der Waals surface area contributed by atoms with Gasteiger partial charge in [0.2, 0.25) is 11.8 Å². The predicted molar refractivity (Wildman–Crippen MR) is 70.5 cm³/mol. The molecule has 0 spiro atoms. The van der Waals surface area contributed by atoms with Crippen molar-refractivity contribution >= 4 is 11.8 Å². The highest BCUT2D eigenvalue weighted by Crippen LogP contribution is 2.29. The van der Waals surface area contributed by atoms with E-state index in [1.807, 2.05) is 24.3 Å². The van der Waals surface area contributed by atoms with Crippen molar-refractivity contribution in [2.75, 3.05) is 7.11 Å². The highest BCUT2D eigenvalue weighted by Gasteiger charge is 2.32. The number of hydrogen-bond acceptors (Lipinski definition) is 3. The fourth-order valence-electron chi connectivity index (χ4n) is 1.95. The lowest BCUT2D eigenvalue weighted by atomic mass is 10.0. The summed E-state index contributed by atoms with van der Waals surface area (Å²) < 4.78 is 5.23. The van der Waals surface area contributed by atoms with Gasteiger partial charge in [-0.25, -0.2) is 0 Å². The average molecular weight is 262 g/mol. The van der Waals surface area contributed by atoms with Crippen molar-refractivity contribution in [2.24, 2.45) is 11.7 Å². The van der Waals surface area contributed by atoms with E-state index in [-0.39, 0.29) is 11.8 Å². The molecule has 0 aromatic heterocycles. The Labute approximate surface area is 112 Å². The normalized spacial score (nSPS) is 15.6. The van der Waals surface area contributed by atoms with E-state index in [2.05, 4.69) is 5.32 Å². The van der Waals surface area contributed by atoms with Crippen molar-refractivity contribution in [1.82, 2.24) is 5.32 Å². The number of benzene rings is 1. The van der Waals surface area contributed by atoms with Gasteiger partial charge in [0, 0.05) is 12.3 Å². The molecule has 2 rings (SSSR count). The maximum absolute atomic E-state index is 11.7. The number of nitrogens with one attached hydrogen (secondary N) is 1. The first-order chi connectivity index (χ1) is 9.11. The zero-order valence-electron chi connectivity index (χ0n) is 10.9. The van der Waals surface area contributed by atoms with E-state index in [1.165, 1.54) is 0 Å². The first-order valence-electron chi connectivity index (χ1n) is 6.33. The summed E-state index contributed by atoms with van der Waals surface area (Å²) in [5.41, 5.74) is 6.20. The third-order valence-corrected chi connectivity index (χ3v) is 3.22. The lowest BCUT2D eigenvalue weighted by molar-refractivity contribution is -0.128. The van der Waals surface area contributed by atoms with E-state index in [0.717, 1.165) is 18.4 Å². The van der Waals surface area contributed by atoms with Crippen LogP contribution in [-0.2, 0) is 16.0 Å². The SMILES string of the molecule is COc1ccccc1C[C@@H](NC(=O)C1CC1)C(N)=O. The zero-order chi connectivity index (χ0) is 13.8. The van der Waals surface area contributed by atoms with Gasteiger partial charge in [0.15, 0.2) is 0 Å². The van der Waals surface area contributed by atoms with Crippen molar-refractivity contribution in [3.8, 4) is 5.75 Å². The Hall–Kier alpha value is -2.04. The van der Waals surface area contributed by atoms with Crippen LogP contribution in [-0.4, -0.2) is 25.0 Å². The van der Waals surface area contributed by atoms with Gasteiger partial charge >= 0.3 is 0 Å². The molecule has 5 heteroatoms. The van der Waals surface area contributed by atoms with Gasteiger partial charge in [-0.15, -0.1) is 0 Å². The number of para-hydroxylation sites is 1. The first kappa shape index (κ1) is 13.4. The fraction of sp³-hybridized carbons (Fsp3) is 0.429. The molecule has 0 unspecified atom stereocenters. The summed E-state index contributed by atoms with van der Waals surface area (Å²) in [7, 11) is 1.57. The standard InChI is InChI=1S/C14H18N2O3/c1-19-12-5-3-2-4-10(12)8-11(13(15)17)16-14(18)9-6-7-9/h2-5,9,11H,6-8H2,1H3,(H2,15,17)(H,16,18)/t11-/m1/s1. The van der Waals surface area contributed by atoms with Crippen molar-refractivity contribution < 1.29 is 14.3 Å². The van der Waals surface area contributed by atoms with Gasteiger partial charge in [-0.1, -0.05) is 18.2 Å². The molecule has 5 nitrogen and oxygen atoms in total. The van der Waals surface area contributed by atoms with Crippen LogP contribution in [0.15, 0.2) is 24.3 Å². The lowest BCUT2D eigenvalue weighted by Crippen LogP contribution is -2.46. The van der Waals surface area contributed by atoms with Gasteiger partial charge in [-0.2, -0.15) is 0 Å². The molecule has 1 aromatic carbocycles. The van der Waals surface area contributed by atoms with Gasteiger partial charge in [0.1, 0.15) is 11.8 Å². The number of carbonyl (C=O) groups is 2. The number of nitrogens with two attached hydrogens (primary N) is 1. The quantitative estimate of drug-likeness (QED) is 0.788. The highest BCUT2D eigenvalue weighted by atomic mass is 16.5. The third kappa shape index (κ3) is 3.47. The van der Waals surface area contributed by atoms with Crippen LogP contribution < -0.4 is 15.8 Å². The third-order valence-electron chi connectivity index (χ3n) is 3.22. The summed E-state index contributed by atoms with van der Waals surface area (Å²) in [5, 5.41) is 2.71. The number of rotatable bonds is 6. The van der Waals surface area contributed by atoms with Crippen LogP contribution in [0.4, 0.5) is 0 Å². The summed E-state index contributed by atoms with van der Waals surface area (Å²) in [6.45, 7) is 0. The van der Waals surface area contributed by atoms with Crippen LogP contribution in [0.2, 0.25) is 0 Å². The van der Waals surface area contributed by atoms with E-state index in [4.69, 9.17) is 10.5 Å². The average Bonchev–Trinajstić information content (AvgIpc) is 3.22. The van der Waals surface area contributed by atoms with Gasteiger partial charge in [-0.05, 0) is 24.5 Å². The van der Waals surface area contributed by atoms with Gasteiger partial charge in [0.25, 0.3) is 0 Å². The molecule has 0 saturated heterocycles. The second-order valence-electron chi connectivity index (χ2n) is 4.75.